The van der Waals surface area contributed by atoms with Crippen molar-refractivity contribution in [2.24, 2.45) is 7.05 Å². The van der Waals surface area contributed by atoms with Gasteiger partial charge in [-0.15, -0.1) is 0 Å². The Labute approximate surface area is 144 Å². The molecule has 130 valence electrons. The second kappa shape index (κ2) is 6.17. The van der Waals surface area contributed by atoms with Gasteiger partial charge in [0.05, 0.1) is 23.6 Å². The maximum absolute atomic E-state index is 10.6. The molecule has 0 bridgehead atoms. The van der Waals surface area contributed by atoms with Crippen LogP contribution in [0.2, 0.25) is 0 Å². The minimum Gasteiger partial charge on any atom is -0.384 e. The van der Waals surface area contributed by atoms with E-state index < -0.39 is 6.10 Å². The molecule has 3 aromatic heterocycles. The van der Waals surface area contributed by atoms with Gasteiger partial charge in [-0.25, -0.2) is 4.98 Å². The zero-order chi connectivity index (χ0) is 17.4. The molecule has 0 aliphatic carbocycles. The highest BCUT2D eigenvalue weighted by Crippen LogP contribution is 2.24. The van der Waals surface area contributed by atoms with Gasteiger partial charge in [-0.05, 0) is 24.6 Å². The van der Waals surface area contributed by atoms with Crippen LogP contribution in [0.5, 0.6) is 0 Å². The molecule has 0 saturated carbocycles. The quantitative estimate of drug-likeness (QED) is 0.713. The minimum atomic E-state index is -0.802. The summed E-state index contributed by atoms with van der Waals surface area (Å²) in [6.07, 6.45) is 3.44. The van der Waals surface area contributed by atoms with Crippen LogP contribution in [0.1, 0.15) is 29.6 Å². The first-order valence-electron chi connectivity index (χ1n) is 8.18. The number of rotatable bonds is 3. The molecule has 3 N–H and O–H groups in total. The van der Waals surface area contributed by atoms with Gasteiger partial charge in [0.15, 0.2) is 0 Å². The molecular weight excluding hydrogens is 320 g/mol. The highest BCUT2D eigenvalue weighted by atomic mass is 16.3. The third-order valence-corrected chi connectivity index (χ3v) is 4.40. The summed E-state index contributed by atoms with van der Waals surface area (Å²) in [5.74, 6) is 1.07. The van der Waals surface area contributed by atoms with Crippen molar-refractivity contribution in [1.29, 1.82) is 0 Å². The molecular formula is C16H20N8O. The van der Waals surface area contributed by atoms with Crippen molar-refractivity contribution in [1.82, 2.24) is 29.5 Å². The largest absolute Gasteiger partial charge is 0.384 e. The Morgan fingerprint density at radius 2 is 2.12 bits per heavy atom. The predicted octanol–water partition coefficient (Wildman–Crippen LogP) is 0.481. The number of hydrogen-bond acceptors (Lipinski definition) is 7. The summed E-state index contributed by atoms with van der Waals surface area (Å²) in [4.78, 5) is 10.7. The van der Waals surface area contributed by atoms with E-state index in [1.165, 1.54) is 0 Å². The molecule has 25 heavy (non-hydrogen) atoms. The fourth-order valence-electron chi connectivity index (χ4n) is 3.11. The van der Waals surface area contributed by atoms with Crippen molar-refractivity contribution in [3.8, 4) is 0 Å². The molecule has 9 heteroatoms. The van der Waals surface area contributed by atoms with Crippen molar-refractivity contribution in [2.45, 2.75) is 25.6 Å². The van der Waals surface area contributed by atoms with E-state index in [1.807, 2.05) is 10.7 Å². The van der Waals surface area contributed by atoms with Crippen molar-refractivity contribution in [2.75, 3.05) is 17.2 Å². The first-order chi connectivity index (χ1) is 12.1. The van der Waals surface area contributed by atoms with Crippen LogP contribution in [0, 0.1) is 0 Å². The summed E-state index contributed by atoms with van der Waals surface area (Å²) >= 11 is 0. The Hall–Kier alpha value is -2.94. The van der Waals surface area contributed by atoms with Crippen LogP contribution < -0.4 is 10.6 Å². The van der Waals surface area contributed by atoms with Gasteiger partial charge in [0.1, 0.15) is 11.9 Å². The fraction of sp³-hybridized carbons (Fsp3) is 0.375. The van der Waals surface area contributed by atoms with Crippen LogP contribution in [0.15, 0.2) is 30.6 Å². The predicted molar refractivity (Wildman–Crippen MR) is 91.6 cm³/mol. The van der Waals surface area contributed by atoms with Crippen LogP contribution >= 0.6 is 0 Å². The SMILES string of the molecule is Cn1nccc1C(O)c1cc2n(n1)CCCN(c1nccc(N)n1)C2. The lowest BCUT2D eigenvalue weighted by Gasteiger charge is -2.19. The number of aryl methyl sites for hydroxylation is 2. The molecule has 1 unspecified atom stereocenters. The van der Waals surface area contributed by atoms with Crippen LogP contribution in [0.25, 0.3) is 0 Å². The van der Waals surface area contributed by atoms with Crippen LogP contribution in [-0.4, -0.2) is 41.2 Å². The van der Waals surface area contributed by atoms with E-state index in [4.69, 9.17) is 5.73 Å². The van der Waals surface area contributed by atoms with E-state index >= 15 is 0 Å². The molecule has 0 spiro atoms. The number of nitrogens with two attached hydrogens (primary N) is 1. The number of aromatic nitrogens is 6. The number of nitrogen functional groups attached to an aromatic ring is 1. The number of hydrogen-bond donors (Lipinski definition) is 2. The second-order valence-corrected chi connectivity index (χ2v) is 6.12. The zero-order valence-corrected chi connectivity index (χ0v) is 13.9. The summed E-state index contributed by atoms with van der Waals surface area (Å²) in [5, 5.41) is 19.3. The van der Waals surface area contributed by atoms with E-state index in [1.54, 1.807) is 36.3 Å². The average Bonchev–Trinajstić information content (AvgIpc) is 3.15. The van der Waals surface area contributed by atoms with Gasteiger partial charge in [0, 0.05) is 32.5 Å². The topological polar surface area (TPSA) is 111 Å². The third kappa shape index (κ3) is 2.93. The van der Waals surface area contributed by atoms with Crippen LogP contribution in [0.3, 0.4) is 0 Å². The molecule has 1 atom stereocenters. The number of aliphatic hydroxyl groups is 1. The first-order valence-corrected chi connectivity index (χ1v) is 8.18. The Kier molecular flexibility index (Phi) is 3.85. The first kappa shape index (κ1) is 15.6. The number of nitrogens with zero attached hydrogens (tertiary/aromatic N) is 7. The zero-order valence-electron chi connectivity index (χ0n) is 13.9. The standard InChI is InChI=1S/C16H20N8O/c1-22-13(3-6-19-22)15(25)12-9-11-10-23(7-2-8-24(11)21-12)16-18-5-4-14(17)20-16/h3-6,9,15,25H,2,7-8,10H2,1H3,(H2,17,18,20). The van der Waals surface area contributed by atoms with Crippen molar-refractivity contribution >= 4 is 11.8 Å². The van der Waals surface area contributed by atoms with E-state index in [2.05, 4.69) is 25.1 Å². The summed E-state index contributed by atoms with van der Waals surface area (Å²) in [6.45, 7) is 2.23. The average molecular weight is 340 g/mol. The lowest BCUT2D eigenvalue weighted by Crippen LogP contribution is -2.24. The number of anilines is 2. The van der Waals surface area contributed by atoms with Crippen molar-refractivity contribution in [3.05, 3.63) is 47.7 Å². The maximum Gasteiger partial charge on any atom is 0.227 e. The van der Waals surface area contributed by atoms with Gasteiger partial charge >= 0.3 is 0 Å². The van der Waals surface area contributed by atoms with E-state index in [0.717, 1.165) is 25.2 Å². The molecule has 4 heterocycles. The maximum atomic E-state index is 10.6. The Morgan fingerprint density at radius 3 is 2.88 bits per heavy atom. The Bertz CT molecular complexity index is 886. The van der Waals surface area contributed by atoms with Gasteiger partial charge < -0.3 is 15.7 Å². The molecule has 1 aliphatic heterocycles. The van der Waals surface area contributed by atoms with E-state index in [0.29, 0.717) is 29.7 Å². The minimum absolute atomic E-state index is 0.454. The Morgan fingerprint density at radius 1 is 1.24 bits per heavy atom. The van der Waals surface area contributed by atoms with Gasteiger partial charge in [-0.2, -0.15) is 15.2 Å². The summed E-state index contributed by atoms with van der Waals surface area (Å²) in [7, 11) is 1.80. The molecule has 0 fully saturated rings. The van der Waals surface area contributed by atoms with Crippen LogP contribution in [0.4, 0.5) is 11.8 Å². The monoisotopic (exact) mass is 340 g/mol. The van der Waals surface area contributed by atoms with Crippen molar-refractivity contribution < 1.29 is 5.11 Å². The van der Waals surface area contributed by atoms with Crippen LogP contribution in [-0.2, 0) is 20.1 Å². The van der Waals surface area contributed by atoms with Gasteiger partial charge in [-0.1, -0.05) is 0 Å². The van der Waals surface area contributed by atoms with Crippen molar-refractivity contribution in [3.63, 3.8) is 0 Å². The lowest BCUT2D eigenvalue weighted by molar-refractivity contribution is 0.203. The molecule has 4 rings (SSSR count). The fourth-order valence-corrected chi connectivity index (χ4v) is 3.11. The van der Waals surface area contributed by atoms with Gasteiger partial charge in [0.2, 0.25) is 5.95 Å². The molecule has 9 nitrogen and oxygen atoms in total. The summed E-state index contributed by atoms with van der Waals surface area (Å²) in [5.41, 5.74) is 8.12. The molecule has 0 radical (unpaired) electrons. The molecule has 0 aromatic carbocycles. The number of fused-ring (bicyclic) bond motifs is 1. The smallest absolute Gasteiger partial charge is 0.227 e. The van der Waals surface area contributed by atoms with Gasteiger partial charge in [0.25, 0.3) is 0 Å². The summed E-state index contributed by atoms with van der Waals surface area (Å²) in [6, 6.07) is 5.40. The second-order valence-electron chi connectivity index (χ2n) is 6.12. The number of aliphatic hydroxyl groups excluding tert-OH is 1. The van der Waals surface area contributed by atoms with Gasteiger partial charge in [-0.3, -0.25) is 9.36 Å². The normalized spacial score (nSPS) is 15.7. The molecule has 3 aromatic rings. The molecule has 1 aliphatic rings. The molecule has 0 amide bonds. The lowest BCUT2D eigenvalue weighted by atomic mass is 10.2. The highest BCUT2D eigenvalue weighted by molar-refractivity contribution is 5.38. The van der Waals surface area contributed by atoms with E-state index in [-0.39, 0.29) is 0 Å². The highest BCUT2D eigenvalue weighted by Gasteiger charge is 2.23. The third-order valence-electron chi connectivity index (χ3n) is 4.40. The Balaban J connectivity index is 1.62. The summed E-state index contributed by atoms with van der Waals surface area (Å²) < 4.78 is 3.60. The van der Waals surface area contributed by atoms with E-state index in [9.17, 15) is 5.11 Å². The molecule has 0 saturated heterocycles.